The molecule has 1 aliphatic heterocycles. The van der Waals surface area contributed by atoms with Gasteiger partial charge in [0.15, 0.2) is 0 Å². The summed E-state index contributed by atoms with van der Waals surface area (Å²) < 4.78 is 16.5. The van der Waals surface area contributed by atoms with E-state index in [9.17, 15) is 9.59 Å². The number of methoxy groups -OCH3 is 2. The number of esters is 2. The van der Waals surface area contributed by atoms with Crippen molar-refractivity contribution in [2.24, 2.45) is 11.3 Å². The van der Waals surface area contributed by atoms with Crippen LogP contribution in [0, 0.1) is 11.3 Å². The molecule has 0 saturated heterocycles. The van der Waals surface area contributed by atoms with Gasteiger partial charge in [-0.25, -0.2) is 0 Å². The number of rotatable bonds is 3. The first-order chi connectivity index (χ1) is 12.7. The van der Waals surface area contributed by atoms with Crippen LogP contribution in [0.2, 0.25) is 0 Å². The summed E-state index contributed by atoms with van der Waals surface area (Å²) in [6.45, 7) is 8.25. The third kappa shape index (κ3) is 3.01. The Morgan fingerprint density at radius 3 is 2.52 bits per heavy atom. The molecule has 2 aliphatic rings. The molecule has 5 nitrogen and oxygen atoms in total. The Kier molecular flexibility index (Phi) is 5.00. The maximum absolute atomic E-state index is 12.7. The predicted molar refractivity (Wildman–Crippen MR) is 102 cm³/mol. The molecule has 0 spiro atoms. The molecule has 0 aromatic heterocycles. The van der Waals surface area contributed by atoms with Crippen molar-refractivity contribution < 1.29 is 23.8 Å². The highest BCUT2D eigenvalue weighted by atomic mass is 16.5. The lowest BCUT2D eigenvalue weighted by molar-refractivity contribution is -0.161. The monoisotopic (exact) mass is 374 g/mol. The molecule has 148 valence electrons. The van der Waals surface area contributed by atoms with Crippen LogP contribution in [0.25, 0.3) is 0 Å². The van der Waals surface area contributed by atoms with Crippen LogP contribution in [-0.2, 0) is 19.7 Å². The van der Waals surface area contributed by atoms with Crippen molar-refractivity contribution in [1.29, 1.82) is 0 Å². The summed E-state index contributed by atoms with van der Waals surface area (Å²) >= 11 is 0. The number of hydrogen-bond donors (Lipinski definition) is 0. The molecule has 1 heterocycles. The van der Waals surface area contributed by atoms with Crippen LogP contribution in [0.1, 0.15) is 70.4 Å². The summed E-state index contributed by atoms with van der Waals surface area (Å²) in [5.41, 5.74) is 0.879. The molecule has 0 N–H and O–H groups in total. The molecular weight excluding hydrogens is 344 g/mol. The minimum absolute atomic E-state index is 0.186. The van der Waals surface area contributed by atoms with Crippen molar-refractivity contribution >= 4 is 11.9 Å². The van der Waals surface area contributed by atoms with Crippen molar-refractivity contribution in [2.45, 2.75) is 64.7 Å². The second-order valence-corrected chi connectivity index (χ2v) is 8.66. The van der Waals surface area contributed by atoms with Crippen LogP contribution in [0.3, 0.4) is 0 Å². The van der Waals surface area contributed by atoms with Crippen LogP contribution >= 0.6 is 0 Å². The van der Waals surface area contributed by atoms with Crippen LogP contribution in [-0.4, -0.2) is 26.2 Å². The van der Waals surface area contributed by atoms with Crippen molar-refractivity contribution in [3.8, 4) is 11.5 Å². The molecule has 1 aromatic rings. The summed E-state index contributed by atoms with van der Waals surface area (Å²) in [7, 11) is 3.08. The number of fused-ring (bicyclic) bond motifs is 3. The Morgan fingerprint density at radius 1 is 1.22 bits per heavy atom. The highest BCUT2D eigenvalue weighted by Gasteiger charge is 2.56. The van der Waals surface area contributed by atoms with E-state index < -0.39 is 5.41 Å². The molecule has 0 bridgehead atoms. The molecule has 0 radical (unpaired) electrons. The van der Waals surface area contributed by atoms with Gasteiger partial charge in [-0.05, 0) is 43.7 Å². The fraction of sp³-hybridized carbons (Fsp3) is 0.636. The third-order valence-electron chi connectivity index (χ3n) is 6.75. The lowest BCUT2D eigenvalue weighted by Gasteiger charge is -2.49. The first kappa shape index (κ1) is 19.7. The summed E-state index contributed by atoms with van der Waals surface area (Å²) in [6, 6.07) is 3.95. The topological polar surface area (TPSA) is 61.8 Å². The van der Waals surface area contributed by atoms with Crippen LogP contribution in [0.15, 0.2) is 12.1 Å². The van der Waals surface area contributed by atoms with Gasteiger partial charge in [0.05, 0.1) is 26.1 Å². The zero-order valence-corrected chi connectivity index (χ0v) is 17.2. The quantitative estimate of drug-likeness (QED) is 0.581. The molecule has 1 aliphatic carbocycles. The smallest absolute Gasteiger partial charge is 0.311 e. The minimum atomic E-state index is -0.716. The summed E-state index contributed by atoms with van der Waals surface area (Å²) in [5.74, 6) is 0.912. The number of ether oxygens (including phenoxy) is 3. The normalized spacial score (nSPS) is 30.0. The molecule has 1 saturated carbocycles. The van der Waals surface area contributed by atoms with E-state index >= 15 is 0 Å². The van der Waals surface area contributed by atoms with Crippen molar-refractivity contribution in [3.05, 3.63) is 23.3 Å². The Bertz CT molecular complexity index is 768. The average Bonchev–Trinajstić information content (AvgIpc) is 2.74. The Balaban J connectivity index is 2.23. The zero-order valence-electron chi connectivity index (χ0n) is 17.2. The van der Waals surface area contributed by atoms with Crippen molar-refractivity contribution in [3.63, 3.8) is 0 Å². The second-order valence-electron chi connectivity index (χ2n) is 8.66. The average molecular weight is 374 g/mol. The molecule has 0 amide bonds. The highest BCUT2D eigenvalue weighted by Crippen LogP contribution is 2.58. The number of carbonyl (C=O) groups is 2. The lowest BCUT2D eigenvalue weighted by atomic mass is 9.52. The maximum Gasteiger partial charge on any atom is 0.311 e. The van der Waals surface area contributed by atoms with Crippen LogP contribution in [0.4, 0.5) is 0 Å². The fourth-order valence-corrected chi connectivity index (χ4v) is 5.19. The van der Waals surface area contributed by atoms with E-state index in [1.807, 2.05) is 19.1 Å². The summed E-state index contributed by atoms with van der Waals surface area (Å²) in [6.07, 6.45) is 2.69. The van der Waals surface area contributed by atoms with Crippen molar-refractivity contribution in [1.82, 2.24) is 0 Å². The molecule has 1 aromatic carbocycles. The van der Waals surface area contributed by atoms with Gasteiger partial charge < -0.3 is 14.2 Å². The van der Waals surface area contributed by atoms with E-state index in [1.165, 1.54) is 7.11 Å². The largest absolute Gasteiger partial charge is 0.496 e. The van der Waals surface area contributed by atoms with Gasteiger partial charge in [-0.2, -0.15) is 0 Å². The van der Waals surface area contributed by atoms with Crippen LogP contribution < -0.4 is 9.47 Å². The first-order valence-corrected chi connectivity index (χ1v) is 9.69. The molecule has 3 rings (SSSR count). The molecule has 0 unspecified atom stereocenters. The van der Waals surface area contributed by atoms with Gasteiger partial charge in [0.25, 0.3) is 0 Å². The highest BCUT2D eigenvalue weighted by molar-refractivity contribution is 5.81. The summed E-state index contributed by atoms with van der Waals surface area (Å²) in [4.78, 5) is 25.4. The maximum atomic E-state index is 12.7. The van der Waals surface area contributed by atoms with E-state index in [0.717, 1.165) is 29.7 Å². The third-order valence-corrected chi connectivity index (χ3v) is 6.75. The van der Waals surface area contributed by atoms with E-state index in [0.29, 0.717) is 12.2 Å². The first-order valence-electron chi connectivity index (χ1n) is 9.69. The number of benzene rings is 1. The SMILES string of the molecule is COC(=O)[C@@]1(C)CCC[C@]2(C)c3cc(OC)c(C(C)C)cc3OC(=O)C[C@@H]12. The zero-order chi connectivity index (χ0) is 20.0. The van der Waals surface area contributed by atoms with Gasteiger partial charge in [0.1, 0.15) is 11.5 Å². The minimum Gasteiger partial charge on any atom is -0.496 e. The molecule has 3 atom stereocenters. The van der Waals surface area contributed by atoms with Crippen molar-refractivity contribution in [2.75, 3.05) is 14.2 Å². The van der Waals surface area contributed by atoms with Gasteiger partial charge in [-0.1, -0.05) is 27.2 Å². The second kappa shape index (κ2) is 6.84. The van der Waals surface area contributed by atoms with Gasteiger partial charge in [0, 0.05) is 16.5 Å². The van der Waals surface area contributed by atoms with Crippen LogP contribution in [0.5, 0.6) is 11.5 Å². The molecule has 27 heavy (non-hydrogen) atoms. The molecular formula is C22H30O5. The fourth-order valence-electron chi connectivity index (χ4n) is 5.19. The van der Waals surface area contributed by atoms with E-state index in [1.54, 1.807) is 7.11 Å². The number of carbonyl (C=O) groups excluding carboxylic acids is 2. The van der Waals surface area contributed by atoms with E-state index in [2.05, 4.69) is 20.8 Å². The molecule has 5 heteroatoms. The van der Waals surface area contributed by atoms with E-state index in [4.69, 9.17) is 14.2 Å². The Labute approximate surface area is 161 Å². The summed E-state index contributed by atoms with van der Waals surface area (Å²) in [5, 5.41) is 0. The Morgan fingerprint density at radius 2 is 1.93 bits per heavy atom. The van der Waals surface area contributed by atoms with Gasteiger partial charge in [-0.15, -0.1) is 0 Å². The van der Waals surface area contributed by atoms with Gasteiger partial charge in [-0.3, -0.25) is 9.59 Å². The van der Waals surface area contributed by atoms with Gasteiger partial charge >= 0.3 is 11.9 Å². The molecule has 1 fully saturated rings. The number of hydrogen-bond acceptors (Lipinski definition) is 5. The lowest BCUT2D eigenvalue weighted by Crippen LogP contribution is -2.50. The Hall–Kier alpha value is -2.04. The predicted octanol–water partition coefficient (Wildman–Crippen LogP) is 4.36. The van der Waals surface area contributed by atoms with E-state index in [-0.39, 0.29) is 35.6 Å². The van der Waals surface area contributed by atoms with Gasteiger partial charge in [0.2, 0.25) is 0 Å². The standard InChI is InChI=1S/C22H30O5/c1-13(2)14-10-17-15(11-16(14)25-5)21(3)8-7-9-22(4,20(24)26-6)18(21)12-19(23)27-17/h10-11,13,18H,7-9,12H2,1-6H3/t18-,21-,22+/m1/s1.